The van der Waals surface area contributed by atoms with Crippen LogP contribution < -0.4 is 5.32 Å². The molecule has 3 aromatic carbocycles. The summed E-state index contributed by atoms with van der Waals surface area (Å²) >= 11 is 2.70. The molecule has 12 nitrogen and oxygen atoms in total. The van der Waals surface area contributed by atoms with Crippen LogP contribution in [0, 0.1) is 5.92 Å². The molecule has 6 atom stereocenters. The van der Waals surface area contributed by atoms with Gasteiger partial charge in [-0.1, -0.05) is 97.5 Å². The van der Waals surface area contributed by atoms with Crippen molar-refractivity contribution in [2.45, 2.75) is 87.2 Å². The average Bonchev–Trinajstić information content (AvgIpc) is 3.88. The molecule has 0 saturated carbocycles. The van der Waals surface area contributed by atoms with E-state index in [9.17, 15) is 39.0 Å². The summed E-state index contributed by atoms with van der Waals surface area (Å²) in [6.07, 6.45) is 2.71. The van der Waals surface area contributed by atoms with Crippen molar-refractivity contribution in [2.24, 2.45) is 5.92 Å². The molecular weight excluding hydrogens is 755 g/mol. The van der Waals surface area contributed by atoms with Crippen molar-refractivity contribution in [2.75, 3.05) is 25.4 Å². The molecule has 0 spiro atoms. The standard InChI is InChI=1S/C22H23NO4S2.C20H28N2O5/c1-15(14-28-22(27)16-8-4-2-5-9-16)20(24)23-13-18(12-19(23)21(25)26)29-17-10-6-3-7-11-17;1-3-27-20(26)16(12-11-15-8-5-4-6-9-15)21-14(2)18(23)22-13-7-10-17(22)19(24)25/h2-11,15,18-19H,12-14H2,1H3,(H,25,26);4-6,8-9,14,16-17,21H,3,7,10-13H2,1-2H3,(H,24,25)/t15-,18+,19+;14-,16-,17-/m10/s1. The van der Waals surface area contributed by atoms with Crippen LogP contribution in [0.5, 0.6) is 0 Å². The van der Waals surface area contributed by atoms with Crippen LogP contribution in [0.3, 0.4) is 0 Å². The third kappa shape index (κ3) is 13.0. The maximum Gasteiger partial charge on any atom is 0.326 e. The van der Waals surface area contributed by atoms with E-state index in [2.05, 4.69) is 5.32 Å². The molecule has 56 heavy (non-hydrogen) atoms. The van der Waals surface area contributed by atoms with E-state index in [0.717, 1.165) is 22.2 Å². The maximum absolute atomic E-state index is 12.9. The zero-order chi connectivity index (χ0) is 40.6. The third-order valence-corrected chi connectivity index (χ3v) is 11.9. The normalized spacial score (nSPS) is 19.2. The van der Waals surface area contributed by atoms with Gasteiger partial charge >= 0.3 is 17.9 Å². The molecule has 2 fully saturated rings. The second kappa shape index (κ2) is 22.2. The Kier molecular flexibility index (Phi) is 17.4. The summed E-state index contributed by atoms with van der Waals surface area (Å²) in [5.74, 6) is -2.98. The lowest BCUT2D eigenvalue weighted by Gasteiger charge is -2.27. The number of amides is 2. The topological polar surface area (TPSA) is 171 Å². The van der Waals surface area contributed by atoms with E-state index in [1.165, 1.54) is 9.80 Å². The second-order valence-electron chi connectivity index (χ2n) is 13.7. The van der Waals surface area contributed by atoms with Gasteiger partial charge in [-0.05, 0) is 63.6 Å². The summed E-state index contributed by atoms with van der Waals surface area (Å²) in [7, 11) is 0. The van der Waals surface area contributed by atoms with Crippen molar-refractivity contribution in [3.05, 3.63) is 102 Å². The van der Waals surface area contributed by atoms with E-state index in [4.69, 9.17) is 4.74 Å². The molecule has 2 heterocycles. The predicted octanol–water partition coefficient (Wildman–Crippen LogP) is 5.65. The van der Waals surface area contributed by atoms with Crippen molar-refractivity contribution in [1.29, 1.82) is 0 Å². The fourth-order valence-corrected chi connectivity index (χ4v) is 8.70. The lowest BCUT2D eigenvalue weighted by Crippen LogP contribution is -2.53. The Morgan fingerprint density at radius 1 is 0.821 bits per heavy atom. The Balaban J connectivity index is 0.000000249. The van der Waals surface area contributed by atoms with Gasteiger partial charge in [0, 0.05) is 40.5 Å². The number of carbonyl (C=O) groups is 6. The molecule has 14 heteroatoms. The predicted molar refractivity (Wildman–Crippen MR) is 216 cm³/mol. The minimum Gasteiger partial charge on any atom is -0.480 e. The van der Waals surface area contributed by atoms with Crippen LogP contribution in [0.2, 0.25) is 0 Å². The highest BCUT2D eigenvalue weighted by Gasteiger charge is 2.41. The molecule has 0 unspecified atom stereocenters. The van der Waals surface area contributed by atoms with Gasteiger partial charge in [-0.3, -0.25) is 24.5 Å². The van der Waals surface area contributed by atoms with Crippen molar-refractivity contribution in [3.8, 4) is 0 Å². The number of likely N-dealkylation sites (tertiary alicyclic amines) is 2. The van der Waals surface area contributed by atoms with Gasteiger partial charge in [-0.25, -0.2) is 9.59 Å². The van der Waals surface area contributed by atoms with Gasteiger partial charge in [0.1, 0.15) is 18.1 Å². The molecule has 5 rings (SSSR count). The Morgan fingerprint density at radius 2 is 1.43 bits per heavy atom. The first-order valence-corrected chi connectivity index (χ1v) is 20.7. The fraction of sp³-hybridized carbons (Fsp3) is 0.429. The highest BCUT2D eigenvalue weighted by molar-refractivity contribution is 8.14. The summed E-state index contributed by atoms with van der Waals surface area (Å²) in [6, 6.07) is 25.6. The average molecular weight is 806 g/mol. The lowest BCUT2D eigenvalue weighted by atomic mass is 10.0. The van der Waals surface area contributed by atoms with Crippen LogP contribution in [-0.4, -0.2) is 110 Å². The molecule has 3 N–H and O–H groups in total. The molecule has 2 aliphatic heterocycles. The van der Waals surface area contributed by atoms with Crippen molar-refractivity contribution < 1.29 is 43.7 Å². The number of carboxylic acid groups (broad SMARTS) is 2. The molecule has 0 radical (unpaired) electrons. The number of benzene rings is 3. The summed E-state index contributed by atoms with van der Waals surface area (Å²) in [5.41, 5.74) is 1.69. The zero-order valence-corrected chi connectivity index (χ0v) is 33.6. The van der Waals surface area contributed by atoms with Gasteiger partial charge in [-0.15, -0.1) is 11.8 Å². The Morgan fingerprint density at radius 3 is 2.04 bits per heavy atom. The number of aliphatic carboxylic acids is 2. The van der Waals surface area contributed by atoms with E-state index < -0.39 is 48.0 Å². The number of hydrogen-bond donors (Lipinski definition) is 3. The van der Waals surface area contributed by atoms with Crippen molar-refractivity contribution in [1.82, 2.24) is 15.1 Å². The van der Waals surface area contributed by atoms with E-state index >= 15 is 0 Å². The van der Waals surface area contributed by atoms with E-state index in [1.807, 2.05) is 66.7 Å². The van der Waals surface area contributed by atoms with Crippen LogP contribution in [-0.2, 0) is 35.1 Å². The maximum atomic E-state index is 12.9. The number of hydrogen-bond acceptors (Lipinski definition) is 10. The summed E-state index contributed by atoms with van der Waals surface area (Å²) in [5, 5.41) is 21.9. The number of thioether (sulfide) groups is 2. The number of nitrogens with one attached hydrogen (secondary N) is 1. The first kappa shape index (κ1) is 44.1. The first-order chi connectivity index (χ1) is 26.9. The quantitative estimate of drug-likeness (QED) is 0.152. The minimum atomic E-state index is -0.987. The Bertz CT molecular complexity index is 1770. The third-order valence-electron chi connectivity index (χ3n) is 9.55. The fourth-order valence-electron chi connectivity index (χ4n) is 6.64. The van der Waals surface area contributed by atoms with Crippen LogP contribution in [0.1, 0.15) is 62.4 Å². The molecule has 2 aliphatic rings. The van der Waals surface area contributed by atoms with E-state index in [1.54, 1.807) is 56.8 Å². The number of ether oxygens (including phenoxy) is 1. The van der Waals surface area contributed by atoms with Gasteiger partial charge in [0.15, 0.2) is 0 Å². The number of rotatable bonds is 16. The highest BCUT2D eigenvalue weighted by Crippen LogP contribution is 2.34. The molecular formula is C42H51N3O9S2. The van der Waals surface area contributed by atoms with Gasteiger partial charge in [-0.2, -0.15) is 0 Å². The van der Waals surface area contributed by atoms with E-state index in [0.29, 0.717) is 56.5 Å². The molecule has 2 amide bonds. The highest BCUT2D eigenvalue weighted by atomic mass is 32.2. The number of carbonyl (C=O) groups excluding carboxylic acids is 4. The van der Waals surface area contributed by atoms with E-state index in [-0.39, 0.29) is 28.8 Å². The van der Waals surface area contributed by atoms with Crippen LogP contribution in [0.25, 0.3) is 0 Å². The monoisotopic (exact) mass is 805 g/mol. The van der Waals surface area contributed by atoms with Crippen LogP contribution in [0.15, 0.2) is 95.9 Å². The molecule has 300 valence electrons. The molecule has 0 aliphatic carbocycles. The number of nitrogens with zero attached hydrogens (tertiary/aromatic N) is 2. The summed E-state index contributed by atoms with van der Waals surface area (Å²) in [4.78, 5) is 77.2. The lowest BCUT2D eigenvalue weighted by molar-refractivity contribution is -0.150. The van der Waals surface area contributed by atoms with Gasteiger partial charge < -0.3 is 24.7 Å². The van der Waals surface area contributed by atoms with Crippen LogP contribution >= 0.6 is 23.5 Å². The largest absolute Gasteiger partial charge is 0.480 e. The number of esters is 1. The smallest absolute Gasteiger partial charge is 0.326 e. The molecule has 3 aromatic rings. The van der Waals surface area contributed by atoms with Crippen LogP contribution in [0.4, 0.5) is 0 Å². The summed E-state index contributed by atoms with van der Waals surface area (Å²) in [6.45, 7) is 6.24. The Labute approximate surface area is 336 Å². The number of aryl methyl sites for hydroxylation is 1. The molecule has 0 aromatic heterocycles. The molecule has 2 saturated heterocycles. The van der Waals surface area contributed by atoms with Gasteiger partial charge in [0.2, 0.25) is 16.9 Å². The number of carboxylic acids is 2. The zero-order valence-electron chi connectivity index (χ0n) is 32.0. The minimum absolute atomic E-state index is 0.0354. The second-order valence-corrected chi connectivity index (χ2v) is 16.1. The molecule has 0 bridgehead atoms. The SMILES string of the molecule is CCOC(=O)[C@H](CCc1ccccc1)N[C@@H](C)C(=O)N1CCC[C@H]1C(=O)O.C[C@H](CSC(=O)c1ccccc1)C(=O)N1C[C@@H](Sc2ccccc2)C[C@H]1C(=O)O. The first-order valence-electron chi connectivity index (χ1n) is 18.9. The summed E-state index contributed by atoms with van der Waals surface area (Å²) < 4.78 is 5.14. The van der Waals surface area contributed by atoms with Gasteiger partial charge in [0.05, 0.1) is 12.6 Å². The van der Waals surface area contributed by atoms with Gasteiger partial charge in [0.25, 0.3) is 0 Å². The van der Waals surface area contributed by atoms with Crippen molar-refractivity contribution >= 4 is 58.4 Å². The Hall–Kier alpha value is -4.66. The van der Waals surface area contributed by atoms with Crippen molar-refractivity contribution in [3.63, 3.8) is 0 Å².